The van der Waals surface area contributed by atoms with E-state index in [2.05, 4.69) is 22.6 Å². The fraction of sp³-hybridized carbons (Fsp3) is 0.400. The van der Waals surface area contributed by atoms with Gasteiger partial charge >= 0.3 is 0 Å². The topological polar surface area (TPSA) is 46.2 Å². The minimum Gasteiger partial charge on any atom is -0.508 e. The van der Waals surface area contributed by atoms with E-state index in [0.717, 1.165) is 9.13 Å². The summed E-state index contributed by atoms with van der Waals surface area (Å²) in [6.07, 6.45) is 0. The first kappa shape index (κ1) is 10.8. The molecule has 1 rings (SSSR count). The maximum Gasteiger partial charge on any atom is 0.120 e. The van der Waals surface area contributed by atoms with Gasteiger partial charge in [-0.1, -0.05) is 13.8 Å². The smallest absolute Gasteiger partial charge is 0.120 e. The molecule has 0 aliphatic carbocycles. The molecule has 13 heavy (non-hydrogen) atoms. The van der Waals surface area contributed by atoms with Crippen molar-refractivity contribution in [3.63, 3.8) is 0 Å². The minimum atomic E-state index is -0.0882. The summed E-state index contributed by atoms with van der Waals surface area (Å²) < 4.78 is 1.10. The fourth-order valence-electron chi connectivity index (χ4n) is 1.15. The number of hydrogen-bond acceptors (Lipinski definition) is 2. The third-order valence-corrected chi connectivity index (χ3v) is 2.74. The van der Waals surface area contributed by atoms with Crippen LogP contribution < -0.4 is 5.73 Å². The Kier molecular flexibility index (Phi) is 3.55. The summed E-state index contributed by atoms with van der Waals surface area (Å²) in [5, 5.41) is 9.57. The number of rotatable bonds is 2. The molecule has 1 aromatic carbocycles. The predicted molar refractivity (Wildman–Crippen MR) is 62.6 cm³/mol. The molecule has 0 aliphatic heterocycles. The molecule has 0 saturated heterocycles. The number of hydrogen-bond donors (Lipinski definition) is 2. The molecule has 0 saturated carbocycles. The summed E-state index contributed by atoms with van der Waals surface area (Å²) >= 11 is 2.21. The molecular weight excluding hydrogens is 277 g/mol. The first-order valence-electron chi connectivity index (χ1n) is 4.26. The van der Waals surface area contributed by atoms with Gasteiger partial charge < -0.3 is 10.8 Å². The highest BCUT2D eigenvalue weighted by molar-refractivity contribution is 14.1. The lowest BCUT2D eigenvalue weighted by atomic mass is 9.96. The van der Waals surface area contributed by atoms with Crippen LogP contribution >= 0.6 is 22.6 Å². The van der Waals surface area contributed by atoms with Gasteiger partial charge in [-0.3, -0.25) is 0 Å². The molecule has 0 aliphatic rings. The van der Waals surface area contributed by atoms with E-state index in [0.29, 0.717) is 11.7 Å². The molecular formula is C10H14INO. The van der Waals surface area contributed by atoms with E-state index >= 15 is 0 Å². The largest absolute Gasteiger partial charge is 0.508 e. The van der Waals surface area contributed by atoms with Gasteiger partial charge in [0.2, 0.25) is 0 Å². The lowest BCUT2D eigenvalue weighted by Crippen LogP contribution is -2.16. The number of phenolic OH excluding ortho intramolecular Hbond substituents is 1. The molecule has 0 bridgehead atoms. The zero-order valence-electron chi connectivity index (χ0n) is 7.79. The van der Waals surface area contributed by atoms with Crippen molar-refractivity contribution in [1.82, 2.24) is 0 Å². The summed E-state index contributed by atoms with van der Waals surface area (Å²) in [6, 6.07) is 5.40. The van der Waals surface area contributed by atoms with Gasteiger partial charge in [0.15, 0.2) is 0 Å². The Morgan fingerprint density at radius 2 is 2.00 bits per heavy atom. The molecule has 0 spiro atoms. The van der Waals surface area contributed by atoms with Gasteiger partial charge in [0.25, 0.3) is 0 Å². The van der Waals surface area contributed by atoms with Gasteiger partial charge in [-0.15, -0.1) is 0 Å². The second-order valence-electron chi connectivity index (χ2n) is 3.47. The monoisotopic (exact) mass is 291 g/mol. The van der Waals surface area contributed by atoms with Crippen molar-refractivity contribution in [2.24, 2.45) is 11.7 Å². The van der Waals surface area contributed by atoms with Crippen LogP contribution in [0.4, 0.5) is 0 Å². The maximum atomic E-state index is 9.57. The fourth-order valence-corrected chi connectivity index (χ4v) is 1.67. The standard InChI is InChI=1S/C10H14INO/c1-6(2)10(12)8-5-7(11)3-4-9(8)13/h3-6,10,13H,12H2,1-2H3/t10-/m0/s1. The van der Waals surface area contributed by atoms with E-state index in [1.54, 1.807) is 6.07 Å². The van der Waals surface area contributed by atoms with Crippen molar-refractivity contribution >= 4 is 22.6 Å². The third-order valence-electron chi connectivity index (χ3n) is 2.07. The van der Waals surface area contributed by atoms with Crippen molar-refractivity contribution in [3.05, 3.63) is 27.3 Å². The zero-order chi connectivity index (χ0) is 10.0. The van der Waals surface area contributed by atoms with Crippen molar-refractivity contribution in [1.29, 1.82) is 0 Å². The summed E-state index contributed by atoms with van der Waals surface area (Å²) in [4.78, 5) is 0. The number of aromatic hydroxyl groups is 1. The maximum absolute atomic E-state index is 9.57. The molecule has 0 fully saturated rings. The molecule has 3 heteroatoms. The van der Waals surface area contributed by atoms with Crippen LogP contribution in [0, 0.1) is 9.49 Å². The van der Waals surface area contributed by atoms with Crippen LogP contribution in [0.3, 0.4) is 0 Å². The van der Waals surface area contributed by atoms with E-state index in [9.17, 15) is 5.11 Å². The van der Waals surface area contributed by atoms with Crippen LogP contribution in [0.25, 0.3) is 0 Å². The highest BCUT2D eigenvalue weighted by Crippen LogP contribution is 2.28. The van der Waals surface area contributed by atoms with Crippen LogP contribution in [-0.4, -0.2) is 5.11 Å². The number of nitrogens with two attached hydrogens (primary N) is 1. The Hall–Kier alpha value is -0.290. The number of halogens is 1. The summed E-state index contributed by atoms with van der Waals surface area (Å²) in [7, 11) is 0. The van der Waals surface area contributed by atoms with Crippen molar-refractivity contribution < 1.29 is 5.11 Å². The lowest BCUT2D eigenvalue weighted by molar-refractivity contribution is 0.439. The number of phenols is 1. The summed E-state index contributed by atoms with van der Waals surface area (Å²) in [5.41, 5.74) is 6.78. The molecule has 0 unspecified atom stereocenters. The van der Waals surface area contributed by atoms with Gasteiger partial charge in [0.05, 0.1) is 0 Å². The molecule has 0 radical (unpaired) electrons. The first-order chi connectivity index (χ1) is 6.02. The third kappa shape index (κ3) is 2.57. The second-order valence-corrected chi connectivity index (χ2v) is 4.72. The van der Waals surface area contributed by atoms with Crippen LogP contribution in [0.1, 0.15) is 25.5 Å². The predicted octanol–water partition coefficient (Wildman–Crippen LogP) is 2.65. The van der Waals surface area contributed by atoms with Crippen molar-refractivity contribution in [2.75, 3.05) is 0 Å². The van der Waals surface area contributed by atoms with Crippen molar-refractivity contribution in [3.8, 4) is 5.75 Å². The summed E-state index contributed by atoms with van der Waals surface area (Å²) in [5.74, 6) is 0.630. The quantitative estimate of drug-likeness (QED) is 0.823. The van der Waals surface area contributed by atoms with E-state index in [1.807, 2.05) is 26.0 Å². The molecule has 1 aromatic rings. The molecule has 0 aromatic heterocycles. The zero-order valence-corrected chi connectivity index (χ0v) is 9.95. The molecule has 0 heterocycles. The lowest BCUT2D eigenvalue weighted by Gasteiger charge is -2.17. The Morgan fingerprint density at radius 1 is 1.38 bits per heavy atom. The molecule has 2 nitrogen and oxygen atoms in total. The Bertz CT molecular complexity index is 299. The highest BCUT2D eigenvalue weighted by atomic mass is 127. The average molecular weight is 291 g/mol. The minimum absolute atomic E-state index is 0.0882. The van der Waals surface area contributed by atoms with Crippen molar-refractivity contribution in [2.45, 2.75) is 19.9 Å². The van der Waals surface area contributed by atoms with E-state index in [4.69, 9.17) is 5.73 Å². The van der Waals surface area contributed by atoms with Gasteiger partial charge in [0.1, 0.15) is 5.75 Å². The van der Waals surface area contributed by atoms with E-state index in [1.165, 1.54) is 0 Å². The molecule has 1 atom stereocenters. The van der Waals surface area contributed by atoms with Gasteiger partial charge in [-0.05, 0) is 46.7 Å². The Labute approximate surface area is 92.3 Å². The second kappa shape index (κ2) is 4.28. The Morgan fingerprint density at radius 3 is 2.54 bits per heavy atom. The number of benzene rings is 1. The van der Waals surface area contributed by atoms with Crippen LogP contribution in [0.5, 0.6) is 5.75 Å². The van der Waals surface area contributed by atoms with Crippen LogP contribution in [0.2, 0.25) is 0 Å². The van der Waals surface area contributed by atoms with Crippen LogP contribution in [0.15, 0.2) is 18.2 Å². The first-order valence-corrected chi connectivity index (χ1v) is 5.34. The highest BCUT2D eigenvalue weighted by Gasteiger charge is 2.14. The van der Waals surface area contributed by atoms with E-state index in [-0.39, 0.29) is 6.04 Å². The summed E-state index contributed by atoms with van der Waals surface area (Å²) in [6.45, 7) is 4.09. The van der Waals surface area contributed by atoms with Crippen LogP contribution in [-0.2, 0) is 0 Å². The van der Waals surface area contributed by atoms with Gasteiger partial charge in [0, 0.05) is 15.2 Å². The normalized spacial score (nSPS) is 13.3. The average Bonchev–Trinajstić information content (AvgIpc) is 2.08. The molecule has 0 amide bonds. The van der Waals surface area contributed by atoms with Gasteiger partial charge in [-0.2, -0.15) is 0 Å². The van der Waals surface area contributed by atoms with E-state index < -0.39 is 0 Å². The Balaban J connectivity index is 3.05. The SMILES string of the molecule is CC(C)[C@H](N)c1cc(I)ccc1O. The van der Waals surface area contributed by atoms with Gasteiger partial charge in [-0.25, -0.2) is 0 Å². The molecule has 3 N–H and O–H groups in total. The molecule has 72 valence electrons.